The van der Waals surface area contributed by atoms with E-state index in [1.54, 1.807) is 24.5 Å². The topological polar surface area (TPSA) is 33.2 Å². The quantitative estimate of drug-likeness (QED) is 0.637. The van der Waals surface area contributed by atoms with E-state index in [2.05, 4.69) is 4.98 Å². The number of allylic oxidation sites excluding steroid dienone is 2. The smallest absolute Gasteiger partial charge is 0.195 e. The third-order valence-electron chi connectivity index (χ3n) is 3.34. The summed E-state index contributed by atoms with van der Waals surface area (Å²) in [4.78, 5) is 18.6. The van der Waals surface area contributed by atoms with Gasteiger partial charge in [-0.15, -0.1) is 0 Å². The first-order chi connectivity index (χ1) is 10.0. The molecule has 0 saturated heterocycles. The van der Waals surface area contributed by atoms with Gasteiger partial charge in [0.2, 0.25) is 0 Å². The Morgan fingerprint density at radius 1 is 1.00 bits per heavy atom. The Balaban J connectivity index is 2.53. The van der Waals surface area contributed by atoms with Gasteiger partial charge in [0.1, 0.15) is 5.82 Å². The molecule has 0 N–H and O–H groups in total. The maximum atomic E-state index is 13.0. The van der Waals surface area contributed by atoms with Crippen molar-refractivity contribution in [2.45, 2.75) is 6.92 Å². The number of Topliss-reactive ketones (excluding diaryl/α,β-unsaturated/α-hetero) is 1. The Morgan fingerprint density at radius 2 is 1.57 bits per heavy atom. The number of ketones is 1. The minimum Gasteiger partial charge on any atom is -0.381 e. The fraction of sp³-hybridized carbons (Fsp3) is 0.176. The van der Waals surface area contributed by atoms with Crippen LogP contribution < -0.4 is 0 Å². The van der Waals surface area contributed by atoms with Crippen LogP contribution >= 0.6 is 0 Å². The van der Waals surface area contributed by atoms with E-state index in [4.69, 9.17) is 0 Å². The highest BCUT2D eigenvalue weighted by molar-refractivity contribution is 6.29. The molecule has 0 aliphatic heterocycles. The summed E-state index contributed by atoms with van der Waals surface area (Å²) in [6, 6.07) is 9.18. The Kier molecular flexibility index (Phi) is 4.48. The lowest BCUT2D eigenvalue weighted by Gasteiger charge is -2.18. The largest absolute Gasteiger partial charge is 0.381 e. The molecule has 108 valence electrons. The summed E-state index contributed by atoms with van der Waals surface area (Å²) in [5.41, 5.74) is 2.69. The fourth-order valence-corrected chi connectivity index (χ4v) is 1.99. The van der Waals surface area contributed by atoms with Gasteiger partial charge in [-0.25, -0.2) is 4.39 Å². The van der Waals surface area contributed by atoms with Crippen molar-refractivity contribution in [1.29, 1.82) is 0 Å². The first kappa shape index (κ1) is 14.9. The summed E-state index contributed by atoms with van der Waals surface area (Å²) in [6.45, 7) is 1.89. The molecule has 2 rings (SSSR count). The number of pyridine rings is 1. The maximum Gasteiger partial charge on any atom is 0.195 e. The standard InChI is InChI=1S/C17H17FN2O/c1-12(20(2)3)16(13-8-10-19-11-9-13)17(21)14-4-6-15(18)7-5-14/h4-11H,1-3H3/b16-12-. The average Bonchev–Trinajstić information content (AvgIpc) is 2.49. The molecule has 21 heavy (non-hydrogen) atoms. The van der Waals surface area contributed by atoms with Gasteiger partial charge in [-0.1, -0.05) is 0 Å². The number of nitrogens with zero attached hydrogens (tertiary/aromatic N) is 2. The molecule has 0 spiro atoms. The van der Waals surface area contributed by atoms with Crippen LogP contribution in [-0.4, -0.2) is 29.8 Å². The second-order valence-electron chi connectivity index (χ2n) is 4.93. The minimum atomic E-state index is -0.356. The summed E-state index contributed by atoms with van der Waals surface area (Å²) in [7, 11) is 3.77. The lowest BCUT2D eigenvalue weighted by atomic mass is 9.95. The number of carbonyl (C=O) groups excluding carboxylic acids is 1. The van der Waals surface area contributed by atoms with Crippen LogP contribution in [0.4, 0.5) is 4.39 Å². The van der Waals surface area contributed by atoms with Crippen molar-refractivity contribution in [2.75, 3.05) is 14.1 Å². The third kappa shape index (κ3) is 3.34. The van der Waals surface area contributed by atoms with Crippen LogP contribution in [0.5, 0.6) is 0 Å². The van der Waals surface area contributed by atoms with Crippen LogP contribution in [0.15, 0.2) is 54.5 Å². The van der Waals surface area contributed by atoms with Crippen molar-refractivity contribution in [1.82, 2.24) is 9.88 Å². The second kappa shape index (κ2) is 6.31. The molecule has 0 bridgehead atoms. The van der Waals surface area contributed by atoms with Crippen molar-refractivity contribution in [3.05, 3.63) is 71.4 Å². The summed E-state index contributed by atoms with van der Waals surface area (Å²) in [5.74, 6) is -0.488. The number of halogens is 1. The molecule has 0 aliphatic carbocycles. The Morgan fingerprint density at radius 3 is 2.10 bits per heavy atom. The zero-order valence-corrected chi connectivity index (χ0v) is 12.3. The Labute approximate surface area is 123 Å². The number of carbonyl (C=O) groups is 1. The van der Waals surface area contributed by atoms with E-state index >= 15 is 0 Å². The number of rotatable bonds is 4. The molecular weight excluding hydrogens is 267 g/mol. The molecule has 3 nitrogen and oxygen atoms in total. The number of hydrogen-bond acceptors (Lipinski definition) is 3. The molecule has 0 amide bonds. The summed E-state index contributed by atoms with van der Waals surface area (Å²) in [6.07, 6.45) is 3.30. The molecule has 0 atom stereocenters. The fourth-order valence-electron chi connectivity index (χ4n) is 1.99. The zero-order valence-electron chi connectivity index (χ0n) is 12.3. The van der Waals surface area contributed by atoms with Crippen LogP contribution in [0, 0.1) is 5.82 Å². The molecular formula is C17H17FN2O. The van der Waals surface area contributed by atoms with E-state index < -0.39 is 0 Å². The van der Waals surface area contributed by atoms with Crippen LogP contribution in [-0.2, 0) is 0 Å². The maximum absolute atomic E-state index is 13.0. The van der Waals surface area contributed by atoms with Crippen molar-refractivity contribution >= 4 is 11.4 Å². The van der Waals surface area contributed by atoms with Gasteiger partial charge < -0.3 is 4.90 Å². The van der Waals surface area contributed by atoms with Crippen molar-refractivity contribution < 1.29 is 9.18 Å². The minimum absolute atomic E-state index is 0.132. The Bertz CT molecular complexity index is 661. The molecule has 4 heteroatoms. The highest BCUT2D eigenvalue weighted by atomic mass is 19.1. The van der Waals surface area contributed by atoms with Crippen molar-refractivity contribution in [3.8, 4) is 0 Å². The third-order valence-corrected chi connectivity index (χ3v) is 3.34. The molecule has 1 aromatic carbocycles. The molecule has 0 radical (unpaired) electrons. The Hall–Kier alpha value is -2.49. The molecule has 2 aromatic rings. The second-order valence-corrected chi connectivity index (χ2v) is 4.93. The van der Waals surface area contributed by atoms with Gasteiger partial charge in [0, 0.05) is 43.3 Å². The van der Waals surface area contributed by atoms with Crippen molar-refractivity contribution in [2.24, 2.45) is 0 Å². The normalized spacial score (nSPS) is 11.8. The highest BCUT2D eigenvalue weighted by Crippen LogP contribution is 2.24. The monoisotopic (exact) mass is 284 g/mol. The SMILES string of the molecule is C/C(=C(/C(=O)c1ccc(F)cc1)c1ccncc1)N(C)C. The molecule has 0 saturated carbocycles. The first-order valence-electron chi connectivity index (χ1n) is 6.59. The van der Waals surface area contributed by atoms with E-state index in [0.29, 0.717) is 11.1 Å². The number of aromatic nitrogens is 1. The van der Waals surface area contributed by atoms with Gasteiger partial charge in [0.15, 0.2) is 5.78 Å². The van der Waals surface area contributed by atoms with E-state index in [-0.39, 0.29) is 11.6 Å². The number of benzene rings is 1. The van der Waals surface area contributed by atoms with Gasteiger partial charge in [-0.2, -0.15) is 0 Å². The van der Waals surface area contributed by atoms with Crippen LogP contribution in [0.1, 0.15) is 22.8 Å². The summed E-state index contributed by atoms with van der Waals surface area (Å²) in [5, 5.41) is 0. The van der Waals surface area contributed by atoms with E-state index in [1.165, 1.54) is 24.3 Å². The molecule has 0 unspecified atom stereocenters. The van der Waals surface area contributed by atoms with Gasteiger partial charge in [0.05, 0.1) is 0 Å². The molecule has 1 heterocycles. The lowest BCUT2D eigenvalue weighted by molar-refractivity contribution is 0.105. The van der Waals surface area contributed by atoms with E-state index in [0.717, 1.165) is 11.3 Å². The highest BCUT2D eigenvalue weighted by Gasteiger charge is 2.18. The van der Waals surface area contributed by atoms with Crippen LogP contribution in [0.3, 0.4) is 0 Å². The van der Waals surface area contributed by atoms with Crippen LogP contribution in [0.25, 0.3) is 5.57 Å². The van der Waals surface area contributed by atoms with Gasteiger partial charge in [-0.05, 0) is 48.9 Å². The van der Waals surface area contributed by atoms with E-state index in [9.17, 15) is 9.18 Å². The van der Waals surface area contributed by atoms with Gasteiger partial charge in [0.25, 0.3) is 0 Å². The van der Waals surface area contributed by atoms with Gasteiger partial charge >= 0.3 is 0 Å². The van der Waals surface area contributed by atoms with Gasteiger partial charge in [-0.3, -0.25) is 9.78 Å². The molecule has 0 aliphatic rings. The first-order valence-corrected chi connectivity index (χ1v) is 6.59. The number of hydrogen-bond donors (Lipinski definition) is 0. The molecule has 1 aromatic heterocycles. The predicted octanol–water partition coefficient (Wildman–Crippen LogP) is 3.40. The van der Waals surface area contributed by atoms with E-state index in [1.807, 2.05) is 25.9 Å². The zero-order chi connectivity index (χ0) is 15.4. The predicted molar refractivity (Wildman–Crippen MR) is 81.2 cm³/mol. The summed E-state index contributed by atoms with van der Waals surface area (Å²) >= 11 is 0. The average molecular weight is 284 g/mol. The molecule has 0 fully saturated rings. The van der Waals surface area contributed by atoms with Crippen molar-refractivity contribution in [3.63, 3.8) is 0 Å². The lowest BCUT2D eigenvalue weighted by Crippen LogP contribution is -2.15. The van der Waals surface area contributed by atoms with Crippen LogP contribution in [0.2, 0.25) is 0 Å². The summed E-state index contributed by atoms with van der Waals surface area (Å²) < 4.78 is 13.0.